The molecule has 0 bridgehead atoms. The van der Waals surface area contributed by atoms with Gasteiger partial charge in [-0.2, -0.15) is 5.26 Å². The Morgan fingerprint density at radius 2 is 1.57 bits per heavy atom. The molecular weight excluding hydrogens is 456 g/mol. The van der Waals surface area contributed by atoms with E-state index in [-0.39, 0.29) is 19.3 Å². The predicted molar refractivity (Wildman–Crippen MR) is 128 cm³/mol. The lowest BCUT2D eigenvalue weighted by molar-refractivity contribution is -0.534. The molecule has 35 heavy (non-hydrogen) atoms. The van der Waals surface area contributed by atoms with Gasteiger partial charge in [-0.05, 0) is 49.6 Å². The molecule has 2 rings (SSSR count). The molecule has 1 N–H and O–H groups in total. The van der Waals surface area contributed by atoms with Crippen LogP contribution in [0.25, 0.3) is 0 Å². The van der Waals surface area contributed by atoms with Gasteiger partial charge in [0.2, 0.25) is 11.8 Å². The number of hydrogen-bond donors (Lipinski definition) is 1. The summed E-state index contributed by atoms with van der Waals surface area (Å²) >= 11 is 0. The van der Waals surface area contributed by atoms with Crippen molar-refractivity contribution in [3.8, 4) is 34.8 Å². The lowest BCUT2D eigenvalue weighted by Crippen LogP contribution is -2.37. The molecule has 190 valence electrons. The number of aliphatic hydroxyl groups is 1. The van der Waals surface area contributed by atoms with Crippen LogP contribution in [-0.2, 0) is 11.8 Å². The van der Waals surface area contributed by atoms with Crippen LogP contribution in [0.1, 0.15) is 30.9 Å². The van der Waals surface area contributed by atoms with Gasteiger partial charge in [-0.25, -0.2) is 0 Å². The Balaban J connectivity index is 2.28. The lowest BCUT2D eigenvalue weighted by atomic mass is 9.78. The molecule has 0 aromatic heterocycles. The first kappa shape index (κ1) is 27.5. The SMILES string of the molecule is COc1ccc(CC(C(O)CCC(C)(C#N)c2ccc(OC)c(OC)c2OC)[N+](=O)[O-])cc1OC. The number of nitrogens with zero attached hydrogens (tertiary/aromatic N) is 2. The molecule has 0 saturated heterocycles. The maximum atomic E-state index is 11.8. The van der Waals surface area contributed by atoms with Gasteiger partial charge in [-0.3, -0.25) is 10.1 Å². The minimum Gasteiger partial charge on any atom is -0.493 e. The largest absolute Gasteiger partial charge is 0.493 e. The van der Waals surface area contributed by atoms with E-state index in [1.165, 1.54) is 35.5 Å². The first-order valence-corrected chi connectivity index (χ1v) is 10.9. The topological polar surface area (TPSA) is 133 Å². The van der Waals surface area contributed by atoms with Gasteiger partial charge in [0.05, 0.1) is 47.0 Å². The Hall–Kier alpha value is -3.71. The van der Waals surface area contributed by atoms with Crippen LogP contribution in [0.2, 0.25) is 0 Å². The molecule has 0 aliphatic heterocycles. The zero-order valence-electron chi connectivity index (χ0n) is 20.9. The van der Waals surface area contributed by atoms with Crippen molar-refractivity contribution in [3.63, 3.8) is 0 Å². The third-order valence-corrected chi connectivity index (χ3v) is 6.09. The van der Waals surface area contributed by atoms with Gasteiger partial charge in [0.25, 0.3) is 0 Å². The van der Waals surface area contributed by atoms with Crippen LogP contribution in [0.3, 0.4) is 0 Å². The number of benzene rings is 2. The van der Waals surface area contributed by atoms with E-state index >= 15 is 0 Å². The predicted octanol–water partition coefficient (Wildman–Crippen LogP) is 3.54. The van der Waals surface area contributed by atoms with Crippen molar-refractivity contribution in [2.24, 2.45) is 0 Å². The molecular formula is C25H32N2O8. The Morgan fingerprint density at radius 3 is 2.09 bits per heavy atom. The third kappa shape index (κ3) is 6.05. The van der Waals surface area contributed by atoms with Crippen LogP contribution in [0, 0.1) is 21.4 Å². The number of aliphatic hydroxyl groups excluding tert-OH is 1. The number of methoxy groups -OCH3 is 5. The summed E-state index contributed by atoms with van der Waals surface area (Å²) in [6.07, 6.45) is -1.15. The summed E-state index contributed by atoms with van der Waals surface area (Å²) in [6.45, 7) is 1.69. The van der Waals surface area contributed by atoms with Crippen molar-refractivity contribution in [1.29, 1.82) is 5.26 Å². The average Bonchev–Trinajstić information content (AvgIpc) is 2.88. The molecule has 0 spiro atoms. The normalized spacial score (nSPS) is 14.1. The molecule has 0 fully saturated rings. The second kappa shape index (κ2) is 12.1. The van der Waals surface area contributed by atoms with Crippen molar-refractivity contribution >= 4 is 0 Å². The van der Waals surface area contributed by atoms with Gasteiger partial charge < -0.3 is 28.8 Å². The number of nitro groups is 1. The average molecular weight is 489 g/mol. The molecule has 2 aromatic rings. The Bertz CT molecular complexity index is 1070. The van der Waals surface area contributed by atoms with Gasteiger partial charge in [0, 0.05) is 16.9 Å². The molecule has 0 saturated carbocycles. The summed E-state index contributed by atoms with van der Waals surface area (Å²) in [5, 5.41) is 32.6. The number of rotatable bonds is 13. The quantitative estimate of drug-likeness (QED) is 0.332. The van der Waals surface area contributed by atoms with Gasteiger partial charge in [0.15, 0.2) is 23.0 Å². The summed E-state index contributed by atoms with van der Waals surface area (Å²) in [4.78, 5) is 11.3. The first-order valence-electron chi connectivity index (χ1n) is 10.9. The minimum absolute atomic E-state index is 0.0144. The fourth-order valence-corrected chi connectivity index (χ4v) is 4.02. The summed E-state index contributed by atoms with van der Waals surface area (Å²) < 4.78 is 26.7. The monoisotopic (exact) mass is 488 g/mol. The number of nitriles is 1. The van der Waals surface area contributed by atoms with Gasteiger partial charge in [-0.15, -0.1) is 0 Å². The van der Waals surface area contributed by atoms with E-state index in [2.05, 4.69) is 6.07 Å². The fraction of sp³-hybridized carbons (Fsp3) is 0.480. The lowest BCUT2D eigenvalue weighted by Gasteiger charge is -2.27. The maximum absolute atomic E-state index is 11.8. The van der Waals surface area contributed by atoms with Crippen LogP contribution < -0.4 is 23.7 Å². The molecule has 0 aliphatic rings. The number of hydrogen-bond acceptors (Lipinski definition) is 9. The molecule has 0 aliphatic carbocycles. The molecule has 3 unspecified atom stereocenters. The third-order valence-electron chi connectivity index (χ3n) is 6.09. The van der Waals surface area contributed by atoms with E-state index in [1.807, 2.05) is 0 Å². The van der Waals surface area contributed by atoms with Crippen molar-refractivity contribution in [1.82, 2.24) is 0 Å². The van der Waals surface area contributed by atoms with E-state index in [1.54, 1.807) is 37.3 Å². The highest BCUT2D eigenvalue weighted by atomic mass is 16.6. The zero-order valence-corrected chi connectivity index (χ0v) is 20.9. The van der Waals surface area contributed by atoms with E-state index in [0.717, 1.165) is 0 Å². The Morgan fingerprint density at radius 1 is 0.971 bits per heavy atom. The van der Waals surface area contributed by atoms with E-state index in [4.69, 9.17) is 23.7 Å². The Labute approximate surface area is 205 Å². The van der Waals surface area contributed by atoms with E-state index in [0.29, 0.717) is 39.9 Å². The van der Waals surface area contributed by atoms with Crippen molar-refractivity contribution in [3.05, 3.63) is 51.6 Å². The second-order valence-electron chi connectivity index (χ2n) is 8.18. The summed E-state index contributed by atoms with van der Waals surface area (Å²) in [5.74, 6) is 2.06. The highest BCUT2D eigenvalue weighted by Gasteiger charge is 2.37. The molecule has 0 amide bonds. The highest BCUT2D eigenvalue weighted by molar-refractivity contribution is 5.59. The molecule has 2 aromatic carbocycles. The standard InChI is InChI=1S/C25H32N2O8/c1-25(15-26,17-8-10-21(32-3)24(35-6)23(17)34-5)12-11-19(28)18(27(29)30)13-16-7-9-20(31-2)22(14-16)33-4/h7-10,14,18-19,28H,11-13H2,1-6H3. The molecule has 10 nitrogen and oxygen atoms in total. The van der Waals surface area contributed by atoms with Crippen LogP contribution in [0.4, 0.5) is 0 Å². The van der Waals surface area contributed by atoms with Crippen LogP contribution in [0.5, 0.6) is 28.7 Å². The van der Waals surface area contributed by atoms with Gasteiger partial charge in [-0.1, -0.05) is 6.07 Å². The van der Waals surface area contributed by atoms with E-state index < -0.39 is 22.5 Å². The molecule has 0 heterocycles. The van der Waals surface area contributed by atoms with E-state index in [9.17, 15) is 20.5 Å². The van der Waals surface area contributed by atoms with Crippen molar-refractivity contribution < 1.29 is 33.7 Å². The summed E-state index contributed by atoms with van der Waals surface area (Å²) in [6, 6.07) is 9.36. The zero-order chi connectivity index (χ0) is 26.2. The second-order valence-corrected chi connectivity index (χ2v) is 8.18. The summed E-state index contributed by atoms with van der Waals surface area (Å²) in [7, 11) is 7.40. The molecule has 0 radical (unpaired) electrons. The molecule has 3 atom stereocenters. The number of ether oxygens (including phenoxy) is 5. The maximum Gasteiger partial charge on any atom is 0.242 e. The smallest absolute Gasteiger partial charge is 0.242 e. The van der Waals surface area contributed by atoms with Crippen LogP contribution in [0.15, 0.2) is 30.3 Å². The van der Waals surface area contributed by atoms with Crippen LogP contribution in [-0.4, -0.2) is 57.7 Å². The van der Waals surface area contributed by atoms with Crippen molar-refractivity contribution in [2.75, 3.05) is 35.5 Å². The van der Waals surface area contributed by atoms with Crippen molar-refractivity contribution in [2.45, 2.75) is 43.7 Å². The fourth-order valence-electron chi connectivity index (χ4n) is 4.02. The first-order chi connectivity index (χ1) is 16.7. The Kier molecular flexibility index (Phi) is 9.54. The van der Waals surface area contributed by atoms with Gasteiger partial charge in [0.1, 0.15) is 6.10 Å². The minimum atomic E-state index is -1.29. The summed E-state index contributed by atoms with van der Waals surface area (Å²) in [5.41, 5.74) is 0.0361. The highest BCUT2D eigenvalue weighted by Crippen LogP contribution is 2.45. The van der Waals surface area contributed by atoms with Gasteiger partial charge >= 0.3 is 0 Å². The molecule has 10 heteroatoms. The van der Waals surface area contributed by atoms with Crippen LogP contribution >= 0.6 is 0 Å².